The molecule has 8 heteroatoms. The quantitative estimate of drug-likeness (QED) is 0.460. The maximum absolute atomic E-state index is 12.2. The third-order valence-electron chi connectivity index (χ3n) is 4.60. The molecular formula is C23H24N4O4. The second-order valence-electron chi connectivity index (χ2n) is 6.94. The lowest BCUT2D eigenvalue weighted by Crippen LogP contribution is -2.29. The largest absolute Gasteiger partial charge is 0.459 e. The van der Waals surface area contributed by atoms with Gasteiger partial charge >= 0.3 is 0 Å². The van der Waals surface area contributed by atoms with E-state index in [1.807, 2.05) is 19.1 Å². The summed E-state index contributed by atoms with van der Waals surface area (Å²) in [7, 11) is 0. The standard InChI is InChI=1S/C23H24N4O4/c1-16(26-21(28)5-2-12-25-23(30)20-4-3-15-31-20)17-6-8-19(9-7-17)27-22(29)18-10-13-24-14-11-18/h3-4,6-11,13-16H,2,5,12H2,1H3,(H,25,30)(H,26,28)(H,27,29). The van der Waals surface area contributed by atoms with E-state index >= 15 is 0 Å². The van der Waals surface area contributed by atoms with Crippen molar-refractivity contribution in [3.63, 3.8) is 0 Å². The first-order valence-corrected chi connectivity index (χ1v) is 9.95. The van der Waals surface area contributed by atoms with Crippen molar-refractivity contribution in [1.82, 2.24) is 15.6 Å². The average Bonchev–Trinajstić information content (AvgIpc) is 3.33. The second kappa shape index (κ2) is 10.7. The first kappa shape index (κ1) is 21.8. The molecule has 31 heavy (non-hydrogen) atoms. The van der Waals surface area contributed by atoms with Crippen molar-refractivity contribution in [2.45, 2.75) is 25.8 Å². The Kier molecular flexibility index (Phi) is 7.53. The molecule has 0 saturated carbocycles. The molecule has 3 amide bonds. The number of aromatic nitrogens is 1. The minimum atomic E-state index is -0.296. The molecule has 2 aromatic heterocycles. The molecule has 1 atom stereocenters. The van der Waals surface area contributed by atoms with Gasteiger partial charge in [-0.2, -0.15) is 0 Å². The van der Waals surface area contributed by atoms with Crippen LogP contribution in [0.1, 0.15) is 52.3 Å². The van der Waals surface area contributed by atoms with Crippen LogP contribution in [-0.2, 0) is 4.79 Å². The number of nitrogens with zero attached hydrogens (tertiary/aromatic N) is 1. The van der Waals surface area contributed by atoms with Crippen LogP contribution in [0, 0.1) is 0 Å². The van der Waals surface area contributed by atoms with E-state index < -0.39 is 0 Å². The Morgan fingerprint density at radius 1 is 1.00 bits per heavy atom. The van der Waals surface area contributed by atoms with Gasteiger partial charge < -0.3 is 20.4 Å². The van der Waals surface area contributed by atoms with E-state index in [1.54, 1.807) is 48.8 Å². The molecule has 3 N–H and O–H groups in total. The minimum absolute atomic E-state index is 0.102. The molecule has 160 valence electrons. The fraction of sp³-hybridized carbons (Fsp3) is 0.217. The van der Waals surface area contributed by atoms with E-state index in [-0.39, 0.29) is 29.5 Å². The van der Waals surface area contributed by atoms with Crippen molar-refractivity contribution in [3.8, 4) is 0 Å². The molecule has 0 radical (unpaired) electrons. The molecule has 0 bridgehead atoms. The van der Waals surface area contributed by atoms with Crippen LogP contribution in [-0.4, -0.2) is 29.3 Å². The van der Waals surface area contributed by atoms with E-state index in [0.717, 1.165) is 5.56 Å². The van der Waals surface area contributed by atoms with Gasteiger partial charge in [0.1, 0.15) is 0 Å². The molecule has 8 nitrogen and oxygen atoms in total. The third kappa shape index (κ3) is 6.53. The van der Waals surface area contributed by atoms with Crippen molar-refractivity contribution in [2.24, 2.45) is 0 Å². The zero-order valence-electron chi connectivity index (χ0n) is 17.1. The Bertz CT molecular complexity index is 1000. The highest BCUT2D eigenvalue weighted by Crippen LogP contribution is 2.17. The number of carbonyl (C=O) groups is 3. The number of pyridine rings is 1. The molecule has 2 heterocycles. The first-order chi connectivity index (χ1) is 15.0. The van der Waals surface area contributed by atoms with Crippen LogP contribution in [0.5, 0.6) is 0 Å². The summed E-state index contributed by atoms with van der Waals surface area (Å²) in [6.07, 6.45) is 5.38. The number of rotatable bonds is 9. The Labute approximate surface area is 180 Å². The summed E-state index contributed by atoms with van der Waals surface area (Å²) in [5.74, 6) is -0.362. The number of benzene rings is 1. The van der Waals surface area contributed by atoms with Crippen LogP contribution in [0.4, 0.5) is 5.69 Å². The van der Waals surface area contributed by atoms with E-state index in [2.05, 4.69) is 20.9 Å². The number of nitrogens with one attached hydrogen (secondary N) is 3. The zero-order chi connectivity index (χ0) is 22.1. The third-order valence-corrected chi connectivity index (χ3v) is 4.60. The molecule has 0 aliphatic heterocycles. The Morgan fingerprint density at radius 2 is 1.74 bits per heavy atom. The SMILES string of the molecule is CC(NC(=O)CCCNC(=O)c1ccco1)c1ccc(NC(=O)c2ccncc2)cc1. The summed E-state index contributed by atoms with van der Waals surface area (Å²) in [5, 5.41) is 8.47. The monoisotopic (exact) mass is 420 g/mol. The maximum Gasteiger partial charge on any atom is 0.286 e. The highest BCUT2D eigenvalue weighted by atomic mass is 16.3. The predicted molar refractivity (Wildman–Crippen MR) is 115 cm³/mol. The van der Waals surface area contributed by atoms with Crippen LogP contribution in [0.15, 0.2) is 71.6 Å². The van der Waals surface area contributed by atoms with E-state index in [0.29, 0.717) is 30.6 Å². The lowest BCUT2D eigenvalue weighted by atomic mass is 10.1. The number of amides is 3. The van der Waals surface area contributed by atoms with Gasteiger partial charge in [0.2, 0.25) is 5.91 Å². The average molecular weight is 420 g/mol. The minimum Gasteiger partial charge on any atom is -0.459 e. The fourth-order valence-corrected chi connectivity index (χ4v) is 2.90. The topological polar surface area (TPSA) is 113 Å². The Morgan fingerprint density at radius 3 is 2.42 bits per heavy atom. The molecule has 0 spiro atoms. The van der Waals surface area contributed by atoms with Gasteiger partial charge in [0.15, 0.2) is 5.76 Å². The maximum atomic E-state index is 12.2. The van der Waals surface area contributed by atoms with E-state index in [4.69, 9.17) is 4.42 Å². The summed E-state index contributed by atoms with van der Waals surface area (Å²) in [6.45, 7) is 2.27. The van der Waals surface area contributed by atoms with Gasteiger partial charge in [-0.05, 0) is 55.3 Å². The molecule has 1 unspecified atom stereocenters. The number of carbonyl (C=O) groups excluding carboxylic acids is 3. The molecular weight excluding hydrogens is 396 g/mol. The second-order valence-corrected chi connectivity index (χ2v) is 6.94. The lowest BCUT2D eigenvalue weighted by molar-refractivity contribution is -0.121. The van der Waals surface area contributed by atoms with E-state index in [1.165, 1.54) is 6.26 Å². The summed E-state index contributed by atoms with van der Waals surface area (Å²) in [4.78, 5) is 40.0. The highest BCUT2D eigenvalue weighted by molar-refractivity contribution is 6.04. The van der Waals surface area contributed by atoms with Gasteiger partial charge in [0, 0.05) is 36.6 Å². The number of furan rings is 1. The first-order valence-electron chi connectivity index (χ1n) is 9.95. The van der Waals surface area contributed by atoms with Crippen molar-refractivity contribution >= 4 is 23.4 Å². The summed E-state index contributed by atoms with van der Waals surface area (Å²) in [6, 6.07) is 13.6. The zero-order valence-corrected chi connectivity index (χ0v) is 17.1. The van der Waals surface area contributed by atoms with Gasteiger partial charge in [-0.15, -0.1) is 0 Å². The van der Waals surface area contributed by atoms with Crippen LogP contribution < -0.4 is 16.0 Å². The van der Waals surface area contributed by atoms with Crippen LogP contribution in [0.2, 0.25) is 0 Å². The normalized spacial score (nSPS) is 11.4. The summed E-state index contributed by atoms with van der Waals surface area (Å²) in [5.41, 5.74) is 2.11. The lowest BCUT2D eigenvalue weighted by Gasteiger charge is -2.15. The van der Waals surface area contributed by atoms with Crippen molar-refractivity contribution in [2.75, 3.05) is 11.9 Å². The van der Waals surface area contributed by atoms with Crippen LogP contribution in [0.3, 0.4) is 0 Å². The molecule has 0 aliphatic carbocycles. The van der Waals surface area contributed by atoms with Crippen molar-refractivity contribution in [3.05, 3.63) is 84.1 Å². The van der Waals surface area contributed by atoms with Gasteiger partial charge in [-0.1, -0.05) is 12.1 Å². The van der Waals surface area contributed by atoms with Gasteiger partial charge in [0.05, 0.1) is 12.3 Å². The smallest absolute Gasteiger partial charge is 0.286 e. The van der Waals surface area contributed by atoms with Gasteiger partial charge in [0.25, 0.3) is 11.8 Å². The summed E-state index contributed by atoms with van der Waals surface area (Å²) < 4.78 is 5.01. The summed E-state index contributed by atoms with van der Waals surface area (Å²) >= 11 is 0. The molecule has 3 rings (SSSR count). The molecule has 0 saturated heterocycles. The Hall–Kier alpha value is -3.94. The van der Waals surface area contributed by atoms with Crippen molar-refractivity contribution in [1.29, 1.82) is 0 Å². The number of hydrogen-bond acceptors (Lipinski definition) is 5. The van der Waals surface area contributed by atoms with Gasteiger partial charge in [-0.25, -0.2) is 0 Å². The van der Waals surface area contributed by atoms with E-state index in [9.17, 15) is 14.4 Å². The molecule has 1 aromatic carbocycles. The van der Waals surface area contributed by atoms with Crippen molar-refractivity contribution < 1.29 is 18.8 Å². The Balaban J connectivity index is 1.40. The number of anilines is 1. The van der Waals surface area contributed by atoms with Gasteiger partial charge in [-0.3, -0.25) is 19.4 Å². The molecule has 0 aliphatic rings. The molecule has 0 fully saturated rings. The fourth-order valence-electron chi connectivity index (χ4n) is 2.90. The highest BCUT2D eigenvalue weighted by Gasteiger charge is 2.12. The number of hydrogen-bond donors (Lipinski definition) is 3. The van der Waals surface area contributed by atoms with Crippen LogP contribution >= 0.6 is 0 Å². The molecule has 3 aromatic rings. The van der Waals surface area contributed by atoms with Crippen LogP contribution in [0.25, 0.3) is 0 Å². The predicted octanol–water partition coefficient (Wildman–Crippen LogP) is 3.31.